The van der Waals surface area contributed by atoms with E-state index in [9.17, 15) is 19.2 Å². The summed E-state index contributed by atoms with van der Waals surface area (Å²) in [6, 6.07) is 15.9. The van der Waals surface area contributed by atoms with E-state index in [1.165, 1.54) is 4.68 Å². The molecular weight excluding hydrogens is 634 g/mol. The number of methoxy groups -OCH3 is 1. The van der Waals surface area contributed by atoms with Crippen LogP contribution in [0.3, 0.4) is 0 Å². The summed E-state index contributed by atoms with van der Waals surface area (Å²) in [6.07, 6.45) is 7.88. The number of carbonyl (C=O) groups excluding carboxylic acids is 4. The third kappa shape index (κ3) is 9.71. The van der Waals surface area contributed by atoms with E-state index in [0.29, 0.717) is 43.7 Å². The Labute approximate surface area is 294 Å². The van der Waals surface area contributed by atoms with Crippen LogP contribution in [0.1, 0.15) is 73.5 Å². The molecule has 0 spiro atoms. The second-order valence-electron chi connectivity index (χ2n) is 13.3. The van der Waals surface area contributed by atoms with Gasteiger partial charge in [0.2, 0.25) is 17.7 Å². The minimum Gasteiger partial charge on any atom is -0.496 e. The molecule has 50 heavy (non-hydrogen) atoms. The average Bonchev–Trinajstić information content (AvgIpc) is 3.59. The van der Waals surface area contributed by atoms with Crippen LogP contribution in [-0.4, -0.2) is 88.6 Å². The zero-order chi connectivity index (χ0) is 35.5. The molecule has 1 aliphatic carbocycles. The molecule has 12 nitrogen and oxygen atoms in total. The first-order valence-corrected chi connectivity index (χ1v) is 17.9. The van der Waals surface area contributed by atoms with Gasteiger partial charge in [0.05, 0.1) is 7.11 Å². The summed E-state index contributed by atoms with van der Waals surface area (Å²) in [5.41, 5.74) is 3.14. The minimum absolute atomic E-state index is 0.0587. The predicted molar refractivity (Wildman–Crippen MR) is 192 cm³/mol. The standard InChI is InChI=1S/C38H51N7O5/c1-4-34(46)41-31(38(49)45-24-22-44(23-25-45)26-29-12-8-9-13-33(29)50-3)19-16-27-14-17-30(18-15-27)40-37(48)35(28-10-6-5-7-11-28)42-36(47)32-20-21-39-43(32)2/h8-9,12-15,17-18,20-21,28,31,35H,4-7,10-11,16,19,22-26H2,1-3H3,(H,40,48)(H,41,46)(H,42,47)/t31-,35+/m1/s1. The fourth-order valence-corrected chi connectivity index (χ4v) is 6.94. The topological polar surface area (TPSA) is 138 Å². The van der Waals surface area contributed by atoms with Gasteiger partial charge < -0.3 is 25.6 Å². The Morgan fingerprint density at radius 1 is 0.920 bits per heavy atom. The number of aryl methyl sites for hydroxylation is 2. The fourth-order valence-electron chi connectivity index (χ4n) is 6.94. The lowest BCUT2D eigenvalue weighted by atomic mass is 9.83. The predicted octanol–water partition coefficient (Wildman–Crippen LogP) is 3.92. The summed E-state index contributed by atoms with van der Waals surface area (Å²) in [6.45, 7) is 5.18. The van der Waals surface area contributed by atoms with E-state index in [1.54, 1.807) is 33.3 Å². The first-order valence-electron chi connectivity index (χ1n) is 17.9. The highest BCUT2D eigenvalue weighted by molar-refractivity contribution is 6.00. The lowest BCUT2D eigenvalue weighted by Crippen LogP contribution is -2.54. The van der Waals surface area contributed by atoms with Crippen LogP contribution in [0.15, 0.2) is 60.8 Å². The second-order valence-corrected chi connectivity index (χ2v) is 13.3. The van der Waals surface area contributed by atoms with Crippen LogP contribution in [-0.2, 0) is 34.4 Å². The Bertz CT molecular complexity index is 1590. The first-order chi connectivity index (χ1) is 24.2. The van der Waals surface area contributed by atoms with Gasteiger partial charge in [-0.25, -0.2) is 0 Å². The van der Waals surface area contributed by atoms with Crippen LogP contribution in [0, 0.1) is 5.92 Å². The Kier molecular flexibility index (Phi) is 13.0. The van der Waals surface area contributed by atoms with Crippen molar-refractivity contribution in [3.05, 3.63) is 77.6 Å². The second kappa shape index (κ2) is 17.8. The maximum absolute atomic E-state index is 13.7. The maximum Gasteiger partial charge on any atom is 0.270 e. The molecule has 2 heterocycles. The highest BCUT2D eigenvalue weighted by Crippen LogP contribution is 2.28. The molecule has 1 saturated carbocycles. The molecule has 2 aliphatic rings. The Morgan fingerprint density at radius 2 is 1.64 bits per heavy atom. The number of carbonyl (C=O) groups is 4. The number of hydrogen-bond donors (Lipinski definition) is 3. The number of ether oxygens (including phenoxy) is 1. The minimum atomic E-state index is -0.658. The molecular formula is C38H51N7O5. The van der Waals surface area contributed by atoms with Gasteiger partial charge in [-0.1, -0.05) is 56.5 Å². The quantitative estimate of drug-likeness (QED) is 0.234. The lowest BCUT2D eigenvalue weighted by Gasteiger charge is -2.36. The number of piperazine rings is 1. The molecule has 4 amide bonds. The van der Waals surface area contributed by atoms with Gasteiger partial charge in [0.1, 0.15) is 23.5 Å². The van der Waals surface area contributed by atoms with Gasteiger partial charge in [0.15, 0.2) is 0 Å². The van der Waals surface area contributed by atoms with Crippen molar-refractivity contribution in [3.63, 3.8) is 0 Å². The highest BCUT2D eigenvalue weighted by atomic mass is 16.5. The van der Waals surface area contributed by atoms with E-state index < -0.39 is 12.1 Å². The van der Waals surface area contributed by atoms with Crippen LogP contribution >= 0.6 is 0 Å². The van der Waals surface area contributed by atoms with Crippen molar-refractivity contribution >= 4 is 29.3 Å². The van der Waals surface area contributed by atoms with E-state index in [-0.39, 0.29) is 29.5 Å². The van der Waals surface area contributed by atoms with Gasteiger partial charge in [-0.2, -0.15) is 5.10 Å². The Morgan fingerprint density at radius 3 is 2.30 bits per heavy atom. The van der Waals surface area contributed by atoms with Crippen molar-refractivity contribution in [1.82, 2.24) is 30.2 Å². The molecule has 1 aliphatic heterocycles. The SMILES string of the molecule is CCC(=O)N[C@H](CCc1ccc(NC(=O)[C@@H](NC(=O)c2ccnn2C)C2CCCCC2)cc1)C(=O)N1CCN(Cc2ccccc2OC)CC1. The van der Waals surface area contributed by atoms with Crippen molar-refractivity contribution < 1.29 is 23.9 Å². The van der Waals surface area contributed by atoms with Gasteiger partial charge >= 0.3 is 0 Å². The summed E-state index contributed by atoms with van der Waals surface area (Å²) in [5, 5.41) is 13.0. The first kappa shape index (κ1) is 36.6. The third-order valence-electron chi connectivity index (χ3n) is 9.91. The molecule has 0 unspecified atom stereocenters. The number of benzene rings is 2. The van der Waals surface area contributed by atoms with Crippen molar-refractivity contribution in [1.29, 1.82) is 0 Å². The summed E-state index contributed by atoms with van der Waals surface area (Å²) in [5.74, 6) is 0.144. The number of amides is 4. The van der Waals surface area contributed by atoms with Crippen LogP contribution in [0.2, 0.25) is 0 Å². The molecule has 2 fully saturated rings. The van der Waals surface area contributed by atoms with Gasteiger partial charge in [0.25, 0.3) is 5.91 Å². The average molecular weight is 686 g/mol. The van der Waals surface area contributed by atoms with E-state index >= 15 is 0 Å². The van der Waals surface area contributed by atoms with Crippen LogP contribution in [0.25, 0.3) is 0 Å². The zero-order valence-corrected chi connectivity index (χ0v) is 29.5. The van der Waals surface area contributed by atoms with Crippen molar-refractivity contribution in [2.24, 2.45) is 13.0 Å². The van der Waals surface area contributed by atoms with Gasteiger partial charge in [-0.15, -0.1) is 0 Å². The van der Waals surface area contributed by atoms with Gasteiger partial charge in [-0.05, 0) is 61.4 Å². The molecule has 0 radical (unpaired) electrons. The molecule has 268 valence electrons. The third-order valence-corrected chi connectivity index (χ3v) is 9.91. The number of hydrogen-bond acceptors (Lipinski definition) is 7. The van der Waals surface area contributed by atoms with Gasteiger partial charge in [-0.3, -0.25) is 28.8 Å². The van der Waals surface area contributed by atoms with Crippen molar-refractivity contribution in [2.45, 2.75) is 76.9 Å². The number of nitrogens with zero attached hydrogens (tertiary/aromatic N) is 4. The molecule has 12 heteroatoms. The summed E-state index contributed by atoms with van der Waals surface area (Å²) in [7, 11) is 3.38. The molecule has 0 bridgehead atoms. The smallest absolute Gasteiger partial charge is 0.270 e. The normalized spacial score (nSPS) is 16.7. The van der Waals surface area contributed by atoms with Crippen molar-refractivity contribution in [3.8, 4) is 5.75 Å². The number of aromatic nitrogens is 2. The fraction of sp³-hybridized carbons (Fsp3) is 0.500. The number of para-hydroxylation sites is 1. The molecule has 3 aromatic rings. The van der Waals surface area contributed by atoms with Gasteiger partial charge in [0, 0.05) is 63.6 Å². The summed E-state index contributed by atoms with van der Waals surface area (Å²) in [4.78, 5) is 56.9. The van der Waals surface area contributed by atoms with E-state index in [4.69, 9.17) is 4.74 Å². The Balaban J connectivity index is 1.16. The highest BCUT2D eigenvalue weighted by Gasteiger charge is 2.32. The Hall–Kier alpha value is -4.71. The molecule has 2 atom stereocenters. The molecule has 5 rings (SSSR count). The number of rotatable bonds is 14. The van der Waals surface area contributed by atoms with E-state index in [2.05, 4.69) is 32.0 Å². The molecule has 3 N–H and O–H groups in total. The molecule has 2 aromatic carbocycles. The zero-order valence-electron chi connectivity index (χ0n) is 29.5. The maximum atomic E-state index is 13.7. The number of nitrogens with one attached hydrogen (secondary N) is 3. The van der Waals surface area contributed by atoms with E-state index in [1.807, 2.05) is 47.4 Å². The van der Waals surface area contributed by atoms with E-state index in [0.717, 1.165) is 68.6 Å². The van der Waals surface area contributed by atoms with Crippen LogP contribution in [0.5, 0.6) is 5.75 Å². The molecule has 1 saturated heterocycles. The summed E-state index contributed by atoms with van der Waals surface area (Å²) >= 11 is 0. The van der Waals surface area contributed by atoms with Crippen molar-refractivity contribution in [2.75, 3.05) is 38.6 Å². The van der Waals surface area contributed by atoms with Crippen LogP contribution < -0.4 is 20.7 Å². The lowest BCUT2D eigenvalue weighted by molar-refractivity contribution is -0.138. The summed E-state index contributed by atoms with van der Waals surface area (Å²) < 4.78 is 7.01. The monoisotopic (exact) mass is 685 g/mol. The largest absolute Gasteiger partial charge is 0.496 e. The molecule has 1 aromatic heterocycles. The van der Waals surface area contributed by atoms with Crippen LogP contribution in [0.4, 0.5) is 5.69 Å². The number of anilines is 1.